The zero-order valence-electron chi connectivity index (χ0n) is 14.3. The van der Waals surface area contributed by atoms with Crippen molar-refractivity contribution < 1.29 is 18.3 Å². The van der Waals surface area contributed by atoms with Gasteiger partial charge in [-0.05, 0) is 31.9 Å². The largest absolute Gasteiger partial charge is 0.492 e. The molecule has 1 aliphatic carbocycles. The molecule has 0 bridgehead atoms. The monoisotopic (exact) mass is 354 g/mol. The normalized spacial score (nSPS) is 14.1. The topological polar surface area (TPSA) is 74.8 Å². The van der Waals surface area contributed by atoms with Gasteiger partial charge in [-0.25, -0.2) is 8.78 Å². The molecule has 8 heteroatoms. The van der Waals surface area contributed by atoms with Crippen LogP contribution in [0.15, 0.2) is 23.2 Å². The average molecular weight is 354 g/mol. The molecule has 1 saturated carbocycles. The predicted octanol–water partition coefficient (Wildman–Crippen LogP) is 1.42. The molecule has 1 aromatic carbocycles. The fraction of sp³-hybridized carbons (Fsp3) is 0.529. The second kappa shape index (κ2) is 9.80. The van der Waals surface area contributed by atoms with Crippen LogP contribution in [0.2, 0.25) is 0 Å². The molecule has 6 nitrogen and oxygen atoms in total. The molecule has 1 amide bonds. The Kier molecular flexibility index (Phi) is 7.43. The highest BCUT2D eigenvalue weighted by atomic mass is 19.2. The summed E-state index contributed by atoms with van der Waals surface area (Å²) in [4.78, 5) is 15.9. The Labute approximate surface area is 146 Å². The van der Waals surface area contributed by atoms with Crippen molar-refractivity contribution in [1.82, 2.24) is 16.0 Å². The van der Waals surface area contributed by atoms with Crippen LogP contribution < -0.4 is 20.7 Å². The van der Waals surface area contributed by atoms with Crippen LogP contribution in [0.25, 0.3) is 0 Å². The van der Waals surface area contributed by atoms with Crippen molar-refractivity contribution in [2.24, 2.45) is 10.9 Å². The highest BCUT2D eigenvalue weighted by Gasteiger charge is 2.28. The van der Waals surface area contributed by atoms with Crippen LogP contribution in [0, 0.1) is 17.6 Å². The van der Waals surface area contributed by atoms with Crippen LogP contribution in [-0.2, 0) is 4.79 Å². The first-order valence-electron chi connectivity index (χ1n) is 8.48. The zero-order valence-corrected chi connectivity index (χ0v) is 14.3. The minimum Gasteiger partial charge on any atom is -0.492 e. The quantitative estimate of drug-likeness (QED) is 0.356. The molecule has 0 radical (unpaired) electrons. The van der Waals surface area contributed by atoms with Crippen molar-refractivity contribution in [2.75, 3.05) is 32.8 Å². The van der Waals surface area contributed by atoms with Crippen LogP contribution in [0.5, 0.6) is 5.75 Å². The Bertz CT molecular complexity index is 606. The van der Waals surface area contributed by atoms with Crippen molar-refractivity contribution in [3.05, 3.63) is 29.8 Å². The fourth-order valence-electron chi connectivity index (χ4n) is 2.08. The number of benzene rings is 1. The number of nitrogens with one attached hydrogen (secondary N) is 3. The van der Waals surface area contributed by atoms with Crippen molar-refractivity contribution in [3.8, 4) is 5.75 Å². The average Bonchev–Trinajstić information content (AvgIpc) is 3.43. The van der Waals surface area contributed by atoms with Crippen molar-refractivity contribution in [2.45, 2.75) is 19.8 Å². The van der Waals surface area contributed by atoms with Gasteiger partial charge in [-0.1, -0.05) is 0 Å². The summed E-state index contributed by atoms with van der Waals surface area (Å²) < 4.78 is 31.3. The van der Waals surface area contributed by atoms with E-state index in [1.807, 2.05) is 6.92 Å². The smallest absolute Gasteiger partial charge is 0.223 e. The second-order valence-electron chi connectivity index (χ2n) is 5.68. The minimum atomic E-state index is -0.936. The number of ether oxygens (including phenoxy) is 1. The summed E-state index contributed by atoms with van der Waals surface area (Å²) in [6.07, 6.45) is 1.97. The van der Waals surface area contributed by atoms with E-state index in [0.29, 0.717) is 32.1 Å². The lowest BCUT2D eigenvalue weighted by Crippen LogP contribution is -2.40. The lowest BCUT2D eigenvalue weighted by Gasteiger charge is -2.12. The number of aliphatic imine (C=N–C) groups is 1. The van der Waals surface area contributed by atoms with E-state index in [2.05, 4.69) is 20.9 Å². The van der Waals surface area contributed by atoms with Crippen LogP contribution in [-0.4, -0.2) is 44.7 Å². The van der Waals surface area contributed by atoms with Gasteiger partial charge in [0.05, 0.1) is 13.1 Å². The third kappa shape index (κ3) is 6.94. The molecule has 0 aromatic heterocycles. The molecule has 0 heterocycles. The third-order valence-electron chi connectivity index (χ3n) is 3.53. The van der Waals surface area contributed by atoms with Gasteiger partial charge in [0.2, 0.25) is 5.91 Å². The summed E-state index contributed by atoms with van der Waals surface area (Å²) in [5.74, 6) is -0.659. The Hall–Kier alpha value is -2.38. The number of hydrogen-bond acceptors (Lipinski definition) is 3. The minimum absolute atomic E-state index is 0.105. The number of carbonyl (C=O) groups is 1. The number of halogens is 2. The summed E-state index contributed by atoms with van der Waals surface area (Å²) in [6, 6.07) is 3.41. The van der Waals surface area contributed by atoms with Crippen molar-refractivity contribution in [3.63, 3.8) is 0 Å². The molecular weight excluding hydrogens is 330 g/mol. The molecule has 0 saturated heterocycles. The zero-order chi connectivity index (χ0) is 18.1. The van der Waals surface area contributed by atoms with Gasteiger partial charge in [-0.15, -0.1) is 0 Å². The van der Waals surface area contributed by atoms with E-state index in [4.69, 9.17) is 4.74 Å². The molecule has 0 aliphatic heterocycles. The highest BCUT2D eigenvalue weighted by Crippen LogP contribution is 2.28. The summed E-state index contributed by atoms with van der Waals surface area (Å²) in [5.41, 5.74) is 0. The van der Waals surface area contributed by atoms with E-state index >= 15 is 0 Å². The fourth-order valence-corrected chi connectivity index (χ4v) is 2.08. The number of guanidine groups is 1. The van der Waals surface area contributed by atoms with Crippen LogP contribution >= 0.6 is 0 Å². The Morgan fingerprint density at radius 3 is 2.68 bits per heavy atom. The molecule has 0 spiro atoms. The maximum Gasteiger partial charge on any atom is 0.223 e. The highest BCUT2D eigenvalue weighted by molar-refractivity contribution is 5.81. The lowest BCUT2D eigenvalue weighted by atomic mass is 10.3. The molecule has 25 heavy (non-hydrogen) atoms. The first-order valence-corrected chi connectivity index (χ1v) is 8.48. The van der Waals surface area contributed by atoms with Gasteiger partial charge in [0, 0.05) is 25.1 Å². The Balaban J connectivity index is 1.66. The number of carbonyl (C=O) groups excluding carboxylic acids is 1. The van der Waals surface area contributed by atoms with E-state index in [9.17, 15) is 13.6 Å². The first kappa shape index (κ1) is 19.0. The lowest BCUT2D eigenvalue weighted by molar-refractivity contribution is -0.122. The van der Waals surface area contributed by atoms with Crippen molar-refractivity contribution >= 4 is 11.9 Å². The maximum atomic E-state index is 13.1. The van der Waals surface area contributed by atoms with Crippen molar-refractivity contribution in [1.29, 1.82) is 0 Å². The molecule has 0 unspecified atom stereocenters. The second-order valence-corrected chi connectivity index (χ2v) is 5.68. The Morgan fingerprint density at radius 1 is 1.20 bits per heavy atom. The van der Waals surface area contributed by atoms with E-state index in [1.165, 1.54) is 6.07 Å². The molecule has 0 atom stereocenters. The van der Waals surface area contributed by atoms with Gasteiger partial charge in [-0.2, -0.15) is 0 Å². The third-order valence-corrected chi connectivity index (χ3v) is 3.53. The van der Waals surface area contributed by atoms with E-state index < -0.39 is 11.6 Å². The number of hydrogen-bond donors (Lipinski definition) is 3. The van der Waals surface area contributed by atoms with Gasteiger partial charge in [-0.3, -0.25) is 9.79 Å². The van der Waals surface area contributed by atoms with Crippen LogP contribution in [0.3, 0.4) is 0 Å². The van der Waals surface area contributed by atoms with Gasteiger partial charge in [0.1, 0.15) is 12.4 Å². The van der Waals surface area contributed by atoms with Gasteiger partial charge in [0.15, 0.2) is 17.6 Å². The molecule has 2 rings (SSSR count). The summed E-state index contributed by atoms with van der Waals surface area (Å²) >= 11 is 0. The number of rotatable bonds is 9. The standard InChI is InChI=1S/C17H24F2N4O2/c1-2-20-17(22-8-7-21-16(24)12-3-4-12)23-9-10-25-13-5-6-14(18)15(19)11-13/h5-6,11-12H,2-4,7-10H2,1H3,(H,21,24)(H2,20,22,23). The molecule has 1 fully saturated rings. The van der Waals surface area contributed by atoms with E-state index in [-0.39, 0.29) is 24.2 Å². The van der Waals surface area contributed by atoms with E-state index in [1.54, 1.807) is 0 Å². The summed E-state index contributed by atoms with van der Waals surface area (Å²) in [6.45, 7) is 4.33. The molecule has 1 aliphatic rings. The number of nitrogens with zero attached hydrogens (tertiary/aromatic N) is 1. The van der Waals surface area contributed by atoms with Crippen LogP contribution in [0.4, 0.5) is 8.78 Å². The number of amides is 1. The summed E-state index contributed by atoms with van der Waals surface area (Å²) in [7, 11) is 0. The molecule has 138 valence electrons. The predicted molar refractivity (Wildman–Crippen MR) is 91.6 cm³/mol. The van der Waals surface area contributed by atoms with E-state index in [0.717, 1.165) is 25.0 Å². The maximum absolute atomic E-state index is 13.1. The van der Waals surface area contributed by atoms with Gasteiger partial charge in [0.25, 0.3) is 0 Å². The first-order chi connectivity index (χ1) is 12.1. The molecule has 3 N–H and O–H groups in total. The molecule has 1 aromatic rings. The Morgan fingerprint density at radius 2 is 2.00 bits per heavy atom. The van der Waals surface area contributed by atoms with Gasteiger partial charge >= 0.3 is 0 Å². The SMILES string of the molecule is CCNC(=NCCNC(=O)C1CC1)NCCOc1ccc(F)c(F)c1. The van der Waals surface area contributed by atoms with Gasteiger partial charge < -0.3 is 20.7 Å². The van der Waals surface area contributed by atoms with Crippen LogP contribution in [0.1, 0.15) is 19.8 Å². The summed E-state index contributed by atoms with van der Waals surface area (Å²) in [5, 5.41) is 9.00. The molecular formula is C17H24F2N4O2.